The topological polar surface area (TPSA) is 65.3 Å². The number of hydrogen-bond acceptors (Lipinski definition) is 3. The summed E-state index contributed by atoms with van der Waals surface area (Å²) < 4.78 is 0. The molecular weight excluding hydrogens is 182 g/mol. The van der Waals surface area contributed by atoms with Gasteiger partial charge in [0.2, 0.25) is 5.54 Å². The molecule has 0 saturated carbocycles. The summed E-state index contributed by atoms with van der Waals surface area (Å²) in [5, 5.41) is 18.1. The van der Waals surface area contributed by atoms with Crippen LogP contribution in [-0.2, 0) is 4.79 Å². The van der Waals surface area contributed by atoms with Crippen molar-refractivity contribution in [1.82, 2.24) is 5.01 Å². The minimum Gasteiger partial charge on any atom is -0.479 e. The summed E-state index contributed by atoms with van der Waals surface area (Å²) in [4.78, 5) is 11.0. The van der Waals surface area contributed by atoms with E-state index >= 15 is 0 Å². The van der Waals surface area contributed by atoms with Crippen LogP contribution in [0.3, 0.4) is 0 Å². The molecule has 0 spiro atoms. The maximum absolute atomic E-state index is 11.0. The van der Waals surface area contributed by atoms with Crippen molar-refractivity contribution in [2.75, 3.05) is 14.1 Å². The van der Waals surface area contributed by atoms with Gasteiger partial charge in [0.1, 0.15) is 0 Å². The number of carboxylic acid groups (broad SMARTS) is 1. The van der Waals surface area contributed by atoms with Crippen LogP contribution >= 0.6 is 0 Å². The molecule has 1 aliphatic rings. The minimum atomic E-state index is -1.22. The van der Waals surface area contributed by atoms with Gasteiger partial charge in [0.05, 0.1) is 0 Å². The third kappa shape index (κ3) is 2.18. The van der Waals surface area contributed by atoms with Gasteiger partial charge in [0, 0.05) is 20.5 Å². The summed E-state index contributed by atoms with van der Waals surface area (Å²) >= 11 is 0. The predicted molar refractivity (Wildman–Crippen MR) is 51.8 cm³/mol. The van der Waals surface area contributed by atoms with Crippen LogP contribution in [0.4, 0.5) is 0 Å². The summed E-state index contributed by atoms with van der Waals surface area (Å²) in [6, 6.07) is 0. The highest BCUT2D eigenvalue weighted by Crippen LogP contribution is 2.23. The molecule has 0 aromatic heterocycles. The highest BCUT2D eigenvalue weighted by atomic mass is 16.4. The molecule has 0 aliphatic heterocycles. The molecular formula is C9H13N3O2. The lowest BCUT2D eigenvalue weighted by Gasteiger charge is -2.20. The standard InChI is InChI=1S/C9H13N3O2/c1-12(2)11-10-9(8(13)14)6-4-3-5-7-9/h3-6H,7H2,1-2H3,(H,13,14). The van der Waals surface area contributed by atoms with Crippen LogP contribution in [0.2, 0.25) is 0 Å². The van der Waals surface area contributed by atoms with E-state index in [4.69, 9.17) is 5.11 Å². The highest BCUT2D eigenvalue weighted by Gasteiger charge is 2.36. The van der Waals surface area contributed by atoms with Gasteiger partial charge >= 0.3 is 5.97 Å². The minimum absolute atomic E-state index is 0.343. The molecule has 1 rings (SSSR count). The van der Waals surface area contributed by atoms with Gasteiger partial charge in [-0.3, -0.25) is 5.01 Å². The van der Waals surface area contributed by atoms with E-state index in [2.05, 4.69) is 10.3 Å². The van der Waals surface area contributed by atoms with Crippen molar-refractivity contribution >= 4 is 5.97 Å². The van der Waals surface area contributed by atoms with E-state index in [-0.39, 0.29) is 0 Å². The predicted octanol–water partition coefficient (Wildman–Crippen LogP) is 1.25. The fourth-order valence-corrected chi connectivity index (χ4v) is 1.05. The van der Waals surface area contributed by atoms with Gasteiger partial charge in [-0.2, -0.15) is 0 Å². The van der Waals surface area contributed by atoms with Gasteiger partial charge in [0.25, 0.3) is 0 Å². The molecule has 1 aliphatic carbocycles. The van der Waals surface area contributed by atoms with Crippen LogP contribution in [0.25, 0.3) is 0 Å². The molecule has 0 saturated heterocycles. The largest absolute Gasteiger partial charge is 0.479 e. The molecule has 14 heavy (non-hydrogen) atoms. The lowest BCUT2D eigenvalue weighted by atomic mass is 9.93. The maximum Gasteiger partial charge on any atom is 0.337 e. The Bertz CT molecular complexity index is 307. The number of carbonyl (C=O) groups is 1. The fourth-order valence-electron chi connectivity index (χ4n) is 1.05. The molecule has 1 N–H and O–H groups in total. The Balaban J connectivity index is 2.89. The van der Waals surface area contributed by atoms with E-state index in [0.29, 0.717) is 6.42 Å². The number of allylic oxidation sites excluding steroid dienone is 2. The number of nitrogens with zero attached hydrogens (tertiary/aromatic N) is 3. The molecule has 5 heteroatoms. The third-order valence-corrected chi connectivity index (χ3v) is 1.82. The van der Waals surface area contributed by atoms with Gasteiger partial charge in [-0.1, -0.05) is 23.5 Å². The fraction of sp³-hybridized carbons (Fsp3) is 0.444. The molecule has 0 fully saturated rings. The monoisotopic (exact) mass is 195 g/mol. The molecule has 0 heterocycles. The molecule has 0 aromatic rings. The first-order valence-electron chi connectivity index (χ1n) is 4.25. The van der Waals surface area contributed by atoms with Gasteiger partial charge in [0.15, 0.2) is 0 Å². The van der Waals surface area contributed by atoms with Gasteiger partial charge in [-0.05, 0) is 6.08 Å². The Kier molecular flexibility index (Phi) is 3.01. The van der Waals surface area contributed by atoms with Crippen molar-refractivity contribution in [3.05, 3.63) is 24.3 Å². The van der Waals surface area contributed by atoms with Gasteiger partial charge in [-0.25, -0.2) is 4.79 Å². The Hall–Kier alpha value is -1.65. The molecule has 1 atom stereocenters. The van der Waals surface area contributed by atoms with Crippen LogP contribution in [0.1, 0.15) is 6.42 Å². The first-order chi connectivity index (χ1) is 6.57. The molecule has 76 valence electrons. The Morgan fingerprint density at radius 3 is 2.64 bits per heavy atom. The first kappa shape index (κ1) is 10.4. The summed E-state index contributed by atoms with van der Waals surface area (Å²) in [5.74, 6) is -0.983. The van der Waals surface area contributed by atoms with E-state index in [1.807, 2.05) is 0 Å². The quantitative estimate of drug-likeness (QED) is 0.544. The van der Waals surface area contributed by atoms with Crippen molar-refractivity contribution in [2.24, 2.45) is 10.3 Å². The maximum atomic E-state index is 11.0. The van der Waals surface area contributed by atoms with Crippen LogP contribution in [-0.4, -0.2) is 35.7 Å². The molecule has 5 nitrogen and oxygen atoms in total. The third-order valence-electron chi connectivity index (χ3n) is 1.82. The lowest BCUT2D eigenvalue weighted by molar-refractivity contribution is -0.141. The van der Waals surface area contributed by atoms with Crippen LogP contribution in [0.15, 0.2) is 34.6 Å². The zero-order valence-electron chi connectivity index (χ0n) is 8.21. The zero-order valence-corrected chi connectivity index (χ0v) is 8.21. The smallest absolute Gasteiger partial charge is 0.337 e. The van der Waals surface area contributed by atoms with Crippen LogP contribution < -0.4 is 0 Å². The van der Waals surface area contributed by atoms with Crippen molar-refractivity contribution in [3.8, 4) is 0 Å². The normalized spacial score (nSPS) is 25.6. The summed E-state index contributed by atoms with van der Waals surface area (Å²) in [6.07, 6.45) is 7.12. The number of carboxylic acids is 1. The number of aliphatic carboxylic acids is 1. The number of hydrogen-bond donors (Lipinski definition) is 1. The Morgan fingerprint density at radius 2 is 2.21 bits per heavy atom. The summed E-state index contributed by atoms with van der Waals surface area (Å²) in [6.45, 7) is 0. The highest BCUT2D eigenvalue weighted by molar-refractivity contribution is 5.82. The average molecular weight is 195 g/mol. The van der Waals surface area contributed by atoms with Crippen molar-refractivity contribution in [1.29, 1.82) is 0 Å². The average Bonchev–Trinajstić information content (AvgIpc) is 2.16. The van der Waals surface area contributed by atoms with Crippen LogP contribution in [0.5, 0.6) is 0 Å². The second kappa shape index (κ2) is 4.04. The molecule has 0 amide bonds. The van der Waals surface area contributed by atoms with Gasteiger partial charge in [-0.15, -0.1) is 5.11 Å². The molecule has 0 aromatic carbocycles. The lowest BCUT2D eigenvalue weighted by Crippen LogP contribution is -2.34. The number of rotatable bonds is 3. The van der Waals surface area contributed by atoms with E-state index < -0.39 is 11.5 Å². The van der Waals surface area contributed by atoms with E-state index in [9.17, 15) is 4.79 Å². The summed E-state index contributed by atoms with van der Waals surface area (Å²) in [7, 11) is 3.39. The van der Waals surface area contributed by atoms with E-state index in [1.54, 1.807) is 38.4 Å². The molecule has 0 bridgehead atoms. The van der Waals surface area contributed by atoms with Crippen LogP contribution in [0, 0.1) is 0 Å². The van der Waals surface area contributed by atoms with Crippen molar-refractivity contribution < 1.29 is 9.90 Å². The Morgan fingerprint density at radius 1 is 1.50 bits per heavy atom. The zero-order chi connectivity index (χ0) is 10.6. The first-order valence-corrected chi connectivity index (χ1v) is 4.25. The molecule has 1 unspecified atom stereocenters. The second-order valence-corrected chi connectivity index (χ2v) is 3.26. The van der Waals surface area contributed by atoms with Crippen molar-refractivity contribution in [3.63, 3.8) is 0 Å². The Labute approximate surface area is 82.4 Å². The second-order valence-electron chi connectivity index (χ2n) is 3.26. The summed E-state index contributed by atoms with van der Waals surface area (Å²) in [5.41, 5.74) is -1.22. The van der Waals surface area contributed by atoms with E-state index in [1.165, 1.54) is 5.01 Å². The SMILES string of the molecule is CN(C)N=NC1(C(=O)O)C=CC=CC1. The van der Waals surface area contributed by atoms with E-state index in [0.717, 1.165) is 0 Å². The molecule has 0 radical (unpaired) electrons. The van der Waals surface area contributed by atoms with Crippen molar-refractivity contribution in [2.45, 2.75) is 12.0 Å². The van der Waals surface area contributed by atoms with Gasteiger partial charge < -0.3 is 5.11 Å².